The van der Waals surface area contributed by atoms with Gasteiger partial charge in [0.25, 0.3) is 0 Å². The van der Waals surface area contributed by atoms with Crippen LogP contribution in [0.2, 0.25) is 0 Å². The molecule has 0 saturated heterocycles. The Kier molecular flexibility index (Phi) is 5.32. The number of nitrogens with zero attached hydrogens (tertiary/aromatic N) is 1. The molecule has 4 heteroatoms. The van der Waals surface area contributed by atoms with E-state index in [1.54, 1.807) is 18.3 Å². The number of hydrogen-bond acceptors (Lipinski definition) is 3. The number of carbonyl (C=O) groups excluding carboxylic acids is 1. The number of aromatic nitrogens is 1. The highest BCUT2D eigenvalue weighted by Crippen LogP contribution is 2.18. The number of carbonyl (C=O) groups is 1. The molecule has 1 amide bonds. The normalized spacial score (nSPS) is 11.7. The molecule has 2 rings (SSSR count). The maximum absolute atomic E-state index is 12.0. The molecular weight excluding hydrogens is 264 g/mol. The van der Waals surface area contributed by atoms with Crippen molar-refractivity contribution in [3.63, 3.8) is 0 Å². The zero-order valence-corrected chi connectivity index (χ0v) is 12.4. The standard InChI is InChI=1S/C17H20N2O2/c1-3-7-16(14-11-10-13(2)18-12-14)19-17(20)21-15-8-5-4-6-9-15/h4-6,8-12,16H,3,7H2,1-2H3,(H,19,20)/t16-/m1/s1. The van der Waals surface area contributed by atoms with Gasteiger partial charge in [-0.3, -0.25) is 4.98 Å². The van der Waals surface area contributed by atoms with Crippen molar-refractivity contribution < 1.29 is 9.53 Å². The van der Waals surface area contributed by atoms with E-state index in [-0.39, 0.29) is 6.04 Å². The molecule has 0 aliphatic carbocycles. The Balaban J connectivity index is 2.02. The SMILES string of the molecule is CCC[C@@H](NC(=O)Oc1ccccc1)c1ccc(C)nc1. The fraction of sp³-hybridized carbons (Fsp3) is 0.294. The highest BCUT2D eigenvalue weighted by atomic mass is 16.6. The summed E-state index contributed by atoms with van der Waals surface area (Å²) in [5.41, 5.74) is 1.95. The molecule has 0 radical (unpaired) electrons. The molecule has 2 aromatic rings. The lowest BCUT2D eigenvalue weighted by Gasteiger charge is -2.18. The fourth-order valence-corrected chi connectivity index (χ4v) is 2.06. The molecule has 1 N–H and O–H groups in total. The number of pyridine rings is 1. The number of nitrogens with one attached hydrogen (secondary N) is 1. The molecule has 4 nitrogen and oxygen atoms in total. The summed E-state index contributed by atoms with van der Waals surface area (Å²) >= 11 is 0. The molecule has 0 fully saturated rings. The van der Waals surface area contributed by atoms with Crippen molar-refractivity contribution >= 4 is 6.09 Å². The van der Waals surface area contributed by atoms with Gasteiger partial charge in [-0.05, 0) is 37.1 Å². The smallest absolute Gasteiger partial charge is 0.410 e. The minimum absolute atomic E-state index is 0.0840. The van der Waals surface area contributed by atoms with E-state index in [1.165, 1.54) is 0 Å². The third-order valence-electron chi connectivity index (χ3n) is 3.16. The second-order valence-corrected chi connectivity index (χ2v) is 4.92. The predicted octanol–water partition coefficient (Wildman–Crippen LogP) is 4.02. The second kappa shape index (κ2) is 7.43. The highest BCUT2D eigenvalue weighted by Gasteiger charge is 2.15. The van der Waals surface area contributed by atoms with Gasteiger partial charge in [0.15, 0.2) is 0 Å². The third-order valence-corrected chi connectivity index (χ3v) is 3.16. The molecule has 21 heavy (non-hydrogen) atoms. The average molecular weight is 284 g/mol. The lowest BCUT2D eigenvalue weighted by Crippen LogP contribution is -2.31. The largest absolute Gasteiger partial charge is 0.413 e. The lowest BCUT2D eigenvalue weighted by molar-refractivity contribution is 0.195. The summed E-state index contributed by atoms with van der Waals surface area (Å²) in [4.78, 5) is 16.3. The molecule has 0 saturated carbocycles. The van der Waals surface area contributed by atoms with Crippen LogP contribution in [0.25, 0.3) is 0 Å². The molecule has 0 unspecified atom stereocenters. The average Bonchev–Trinajstić information content (AvgIpc) is 2.48. The van der Waals surface area contributed by atoms with Crippen LogP contribution in [0.5, 0.6) is 5.75 Å². The van der Waals surface area contributed by atoms with Crippen LogP contribution in [0.4, 0.5) is 4.79 Å². The third kappa shape index (κ3) is 4.60. The van der Waals surface area contributed by atoms with Gasteiger partial charge in [0, 0.05) is 11.9 Å². The number of rotatable bonds is 5. The summed E-state index contributed by atoms with van der Waals surface area (Å²) in [6, 6.07) is 12.9. The van der Waals surface area contributed by atoms with Crippen LogP contribution in [0.1, 0.15) is 37.1 Å². The van der Waals surface area contributed by atoms with Crippen molar-refractivity contribution in [1.29, 1.82) is 0 Å². The van der Waals surface area contributed by atoms with Crippen molar-refractivity contribution in [1.82, 2.24) is 10.3 Å². The van der Waals surface area contributed by atoms with Gasteiger partial charge in [-0.25, -0.2) is 4.79 Å². The van der Waals surface area contributed by atoms with E-state index in [4.69, 9.17) is 4.74 Å². The van der Waals surface area contributed by atoms with Crippen LogP contribution in [0.3, 0.4) is 0 Å². The molecule has 1 heterocycles. The van der Waals surface area contributed by atoms with Crippen molar-refractivity contribution in [3.8, 4) is 5.75 Å². The number of ether oxygens (including phenoxy) is 1. The Bertz CT molecular complexity index is 567. The fourth-order valence-electron chi connectivity index (χ4n) is 2.06. The number of benzene rings is 1. The summed E-state index contributed by atoms with van der Waals surface area (Å²) < 4.78 is 5.27. The first kappa shape index (κ1) is 15.0. The molecule has 0 spiro atoms. The zero-order chi connectivity index (χ0) is 15.1. The summed E-state index contributed by atoms with van der Waals surface area (Å²) in [5.74, 6) is 0.535. The van der Waals surface area contributed by atoms with Crippen LogP contribution < -0.4 is 10.1 Å². The van der Waals surface area contributed by atoms with Gasteiger partial charge in [-0.1, -0.05) is 37.6 Å². The topological polar surface area (TPSA) is 51.2 Å². The van der Waals surface area contributed by atoms with Crippen LogP contribution in [0, 0.1) is 6.92 Å². The Labute approximate surface area is 125 Å². The van der Waals surface area contributed by atoms with Crippen LogP contribution in [0.15, 0.2) is 48.7 Å². The highest BCUT2D eigenvalue weighted by molar-refractivity contribution is 5.70. The van der Waals surface area contributed by atoms with Crippen molar-refractivity contribution in [2.24, 2.45) is 0 Å². The van der Waals surface area contributed by atoms with Crippen molar-refractivity contribution in [3.05, 3.63) is 59.9 Å². The van der Waals surface area contributed by atoms with Gasteiger partial charge in [-0.15, -0.1) is 0 Å². The molecule has 0 aliphatic rings. The first-order valence-corrected chi connectivity index (χ1v) is 7.15. The molecule has 1 aromatic carbocycles. The molecule has 1 atom stereocenters. The van der Waals surface area contributed by atoms with E-state index >= 15 is 0 Å². The molecule has 110 valence electrons. The van der Waals surface area contributed by atoms with E-state index in [0.717, 1.165) is 24.1 Å². The molecular formula is C17H20N2O2. The van der Waals surface area contributed by atoms with Crippen LogP contribution >= 0.6 is 0 Å². The predicted molar refractivity (Wildman–Crippen MR) is 82.2 cm³/mol. The van der Waals surface area contributed by atoms with E-state index in [9.17, 15) is 4.79 Å². The first-order chi connectivity index (χ1) is 10.2. The van der Waals surface area contributed by atoms with Gasteiger partial charge >= 0.3 is 6.09 Å². The van der Waals surface area contributed by atoms with Gasteiger partial charge in [0.05, 0.1) is 6.04 Å². The van der Waals surface area contributed by atoms with E-state index < -0.39 is 6.09 Å². The molecule has 1 aromatic heterocycles. The molecule has 0 bridgehead atoms. The Morgan fingerprint density at radius 2 is 2.00 bits per heavy atom. The summed E-state index contributed by atoms with van der Waals surface area (Å²) in [6.07, 6.45) is 3.16. The maximum atomic E-state index is 12.0. The van der Waals surface area contributed by atoms with E-state index in [1.807, 2.05) is 37.3 Å². The monoisotopic (exact) mass is 284 g/mol. The van der Waals surface area contributed by atoms with E-state index in [0.29, 0.717) is 5.75 Å². The number of hydrogen-bond donors (Lipinski definition) is 1. The Hall–Kier alpha value is -2.36. The first-order valence-electron chi connectivity index (χ1n) is 7.15. The minimum Gasteiger partial charge on any atom is -0.410 e. The Morgan fingerprint density at radius 3 is 2.62 bits per heavy atom. The second-order valence-electron chi connectivity index (χ2n) is 4.92. The Morgan fingerprint density at radius 1 is 1.24 bits per heavy atom. The van der Waals surface area contributed by atoms with Gasteiger partial charge in [0.1, 0.15) is 5.75 Å². The summed E-state index contributed by atoms with van der Waals surface area (Å²) in [6.45, 7) is 4.02. The van der Waals surface area contributed by atoms with Crippen molar-refractivity contribution in [2.45, 2.75) is 32.7 Å². The maximum Gasteiger partial charge on any atom is 0.413 e. The van der Waals surface area contributed by atoms with Crippen LogP contribution in [-0.2, 0) is 0 Å². The summed E-state index contributed by atoms with van der Waals surface area (Å²) in [5, 5.41) is 2.90. The van der Waals surface area contributed by atoms with Gasteiger partial charge < -0.3 is 10.1 Å². The summed E-state index contributed by atoms with van der Waals surface area (Å²) in [7, 11) is 0. The van der Waals surface area contributed by atoms with E-state index in [2.05, 4.69) is 17.2 Å². The van der Waals surface area contributed by atoms with Crippen molar-refractivity contribution in [2.75, 3.05) is 0 Å². The lowest BCUT2D eigenvalue weighted by atomic mass is 10.0. The molecule has 0 aliphatic heterocycles. The number of para-hydroxylation sites is 1. The number of aryl methyl sites for hydroxylation is 1. The number of amides is 1. The zero-order valence-electron chi connectivity index (χ0n) is 12.4. The van der Waals surface area contributed by atoms with Gasteiger partial charge in [-0.2, -0.15) is 0 Å². The minimum atomic E-state index is -0.444. The van der Waals surface area contributed by atoms with Gasteiger partial charge in [0.2, 0.25) is 0 Å². The van der Waals surface area contributed by atoms with Crippen LogP contribution in [-0.4, -0.2) is 11.1 Å². The quantitative estimate of drug-likeness (QED) is 0.902.